The summed E-state index contributed by atoms with van der Waals surface area (Å²) < 4.78 is 10.7. The summed E-state index contributed by atoms with van der Waals surface area (Å²) in [5.74, 6) is -0.249. The van der Waals surface area contributed by atoms with Gasteiger partial charge in [-0.1, -0.05) is 0 Å². The average molecular weight is 293 g/mol. The minimum Gasteiger partial charge on any atom is -0.444 e. The van der Waals surface area contributed by atoms with Crippen LogP contribution in [0.4, 0.5) is 4.79 Å². The molecule has 0 spiro atoms. The molecule has 7 nitrogen and oxygen atoms in total. The number of aromatic nitrogens is 2. The molecule has 1 atom stereocenters. The Kier molecular flexibility index (Phi) is 4.52. The minimum atomic E-state index is -0.709. The number of carbonyl (C=O) groups is 2. The highest BCUT2D eigenvalue weighted by atomic mass is 16.6. The van der Waals surface area contributed by atoms with E-state index in [-0.39, 0.29) is 12.4 Å². The van der Waals surface area contributed by atoms with Gasteiger partial charge in [0.05, 0.1) is 18.8 Å². The number of morpholine rings is 1. The standard InChI is InChI=1S/C14H19N3O4/c1-14(2,3)21-13(19)17-4-5-20-8-11(17)12(18)10-6-15-9-16-7-10/h6-7,9,11H,4-5,8H2,1-3H3. The highest BCUT2D eigenvalue weighted by molar-refractivity contribution is 6.01. The van der Waals surface area contributed by atoms with Crippen molar-refractivity contribution < 1.29 is 19.1 Å². The Morgan fingerprint density at radius 3 is 2.62 bits per heavy atom. The van der Waals surface area contributed by atoms with Gasteiger partial charge in [0.2, 0.25) is 0 Å². The molecule has 0 aromatic carbocycles. The van der Waals surface area contributed by atoms with Crippen LogP contribution < -0.4 is 0 Å². The first-order chi connectivity index (χ1) is 9.88. The molecular formula is C14H19N3O4. The molecule has 7 heteroatoms. The first-order valence-corrected chi connectivity index (χ1v) is 6.75. The number of carbonyl (C=O) groups excluding carboxylic acids is 2. The van der Waals surface area contributed by atoms with Crippen LogP contribution in [0.1, 0.15) is 31.1 Å². The highest BCUT2D eigenvalue weighted by Crippen LogP contribution is 2.17. The fourth-order valence-corrected chi connectivity index (χ4v) is 1.98. The van der Waals surface area contributed by atoms with E-state index in [0.717, 1.165) is 0 Å². The first-order valence-electron chi connectivity index (χ1n) is 6.75. The fourth-order valence-electron chi connectivity index (χ4n) is 1.98. The van der Waals surface area contributed by atoms with Crippen molar-refractivity contribution in [2.75, 3.05) is 19.8 Å². The number of ether oxygens (including phenoxy) is 2. The maximum absolute atomic E-state index is 12.5. The van der Waals surface area contributed by atoms with Crippen LogP contribution in [0.3, 0.4) is 0 Å². The van der Waals surface area contributed by atoms with Crippen molar-refractivity contribution in [1.29, 1.82) is 0 Å². The van der Waals surface area contributed by atoms with Crippen LogP contribution >= 0.6 is 0 Å². The molecule has 1 amide bonds. The molecule has 0 aliphatic carbocycles. The van der Waals surface area contributed by atoms with Gasteiger partial charge in [0.1, 0.15) is 18.0 Å². The molecule has 1 fully saturated rings. The number of amides is 1. The molecule has 114 valence electrons. The van der Waals surface area contributed by atoms with Crippen molar-refractivity contribution in [3.8, 4) is 0 Å². The maximum Gasteiger partial charge on any atom is 0.411 e. The zero-order valence-electron chi connectivity index (χ0n) is 12.4. The Morgan fingerprint density at radius 1 is 1.33 bits per heavy atom. The fraction of sp³-hybridized carbons (Fsp3) is 0.571. The summed E-state index contributed by atoms with van der Waals surface area (Å²) in [6.07, 6.45) is 3.69. The van der Waals surface area contributed by atoms with Crippen molar-refractivity contribution in [3.05, 3.63) is 24.3 Å². The van der Waals surface area contributed by atoms with E-state index in [1.54, 1.807) is 20.8 Å². The van der Waals surface area contributed by atoms with E-state index in [2.05, 4.69) is 9.97 Å². The van der Waals surface area contributed by atoms with Crippen molar-refractivity contribution in [2.45, 2.75) is 32.4 Å². The predicted octanol–water partition coefficient (Wildman–Crippen LogP) is 1.30. The number of rotatable bonds is 2. The first kappa shape index (κ1) is 15.4. The van der Waals surface area contributed by atoms with Gasteiger partial charge in [-0.25, -0.2) is 14.8 Å². The Morgan fingerprint density at radius 2 is 2.00 bits per heavy atom. The number of Topliss-reactive ketones (excluding diaryl/α,β-unsaturated/α-hetero) is 1. The van der Waals surface area contributed by atoms with Crippen molar-refractivity contribution in [3.63, 3.8) is 0 Å². The Balaban J connectivity index is 2.16. The molecule has 0 N–H and O–H groups in total. The summed E-state index contributed by atoms with van der Waals surface area (Å²) in [6, 6.07) is -0.709. The Labute approximate surface area is 123 Å². The summed E-state index contributed by atoms with van der Waals surface area (Å²) in [5, 5.41) is 0. The maximum atomic E-state index is 12.5. The lowest BCUT2D eigenvalue weighted by Crippen LogP contribution is -2.53. The molecule has 1 aliphatic rings. The van der Waals surface area contributed by atoms with Crippen LogP contribution in [0, 0.1) is 0 Å². The minimum absolute atomic E-state index is 0.146. The zero-order valence-corrected chi connectivity index (χ0v) is 12.4. The Hall–Kier alpha value is -2.02. The van der Waals surface area contributed by atoms with Crippen LogP contribution in [0.25, 0.3) is 0 Å². The molecule has 2 rings (SSSR count). The zero-order chi connectivity index (χ0) is 15.5. The molecule has 1 aromatic heterocycles. The number of nitrogens with zero attached hydrogens (tertiary/aromatic N) is 3. The average Bonchev–Trinajstić information content (AvgIpc) is 2.45. The van der Waals surface area contributed by atoms with Crippen LogP contribution in [-0.4, -0.2) is 58.1 Å². The molecule has 1 aromatic rings. The summed E-state index contributed by atoms with van der Waals surface area (Å²) in [6.45, 7) is 6.20. The van der Waals surface area contributed by atoms with Gasteiger partial charge >= 0.3 is 6.09 Å². The summed E-state index contributed by atoms with van der Waals surface area (Å²) >= 11 is 0. The smallest absolute Gasteiger partial charge is 0.411 e. The quantitative estimate of drug-likeness (QED) is 0.764. The van der Waals surface area contributed by atoms with E-state index in [9.17, 15) is 9.59 Å². The van der Waals surface area contributed by atoms with Gasteiger partial charge in [-0.2, -0.15) is 0 Å². The van der Waals surface area contributed by atoms with Crippen molar-refractivity contribution >= 4 is 11.9 Å². The number of ketones is 1. The summed E-state index contributed by atoms with van der Waals surface area (Å²) in [7, 11) is 0. The van der Waals surface area contributed by atoms with Crippen molar-refractivity contribution in [1.82, 2.24) is 14.9 Å². The summed E-state index contributed by atoms with van der Waals surface area (Å²) in [5.41, 5.74) is -0.264. The lowest BCUT2D eigenvalue weighted by Gasteiger charge is -2.35. The molecular weight excluding hydrogens is 274 g/mol. The van der Waals surface area contributed by atoms with E-state index in [4.69, 9.17) is 9.47 Å². The van der Waals surface area contributed by atoms with Crippen molar-refractivity contribution in [2.24, 2.45) is 0 Å². The van der Waals surface area contributed by atoms with E-state index < -0.39 is 17.7 Å². The second-order valence-corrected chi connectivity index (χ2v) is 5.76. The van der Waals surface area contributed by atoms with E-state index in [1.165, 1.54) is 23.6 Å². The summed E-state index contributed by atoms with van der Waals surface area (Å²) in [4.78, 5) is 33.7. The molecule has 1 aliphatic heterocycles. The van der Waals surface area contributed by atoms with Crippen LogP contribution in [-0.2, 0) is 9.47 Å². The van der Waals surface area contributed by atoms with E-state index in [0.29, 0.717) is 18.7 Å². The van der Waals surface area contributed by atoms with Crippen LogP contribution in [0.15, 0.2) is 18.7 Å². The van der Waals surface area contributed by atoms with Gasteiger partial charge in [-0.3, -0.25) is 9.69 Å². The predicted molar refractivity (Wildman–Crippen MR) is 73.9 cm³/mol. The molecule has 2 heterocycles. The molecule has 1 unspecified atom stereocenters. The number of hydrogen-bond acceptors (Lipinski definition) is 6. The monoisotopic (exact) mass is 293 g/mol. The van der Waals surface area contributed by atoms with Crippen LogP contribution in [0.2, 0.25) is 0 Å². The molecule has 21 heavy (non-hydrogen) atoms. The Bertz CT molecular complexity index is 513. The van der Waals surface area contributed by atoms with E-state index >= 15 is 0 Å². The van der Waals surface area contributed by atoms with Gasteiger partial charge in [0.25, 0.3) is 0 Å². The lowest BCUT2D eigenvalue weighted by atomic mass is 10.1. The van der Waals surface area contributed by atoms with Gasteiger partial charge in [0, 0.05) is 18.9 Å². The normalized spacial score (nSPS) is 19.2. The number of hydrogen-bond donors (Lipinski definition) is 0. The van der Waals surface area contributed by atoms with Gasteiger partial charge in [-0.05, 0) is 20.8 Å². The second-order valence-electron chi connectivity index (χ2n) is 5.76. The largest absolute Gasteiger partial charge is 0.444 e. The van der Waals surface area contributed by atoms with Gasteiger partial charge in [0.15, 0.2) is 5.78 Å². The molecule has 0 bridgehead atoms. The molecule has 0 radical (unpaired) electrons. The third kappa shape index (κ3) is 3.98. The van der Waals surface area contributed by atoms with Gasteiger partial charge in [-0.15, -0.1) is 0 Å². The molecule has 0 saturated carbocycles. The third-order valence-electron chi connectivity index (χ3n) is 2.90. The van der Waals surface area contributed by atoms with Gasteiger partial charge < -0.3 is 9.47 Å². The second kappa shape index (κ2) is 6.17. The molecule has 1 saturated heterocycles. The van der Waals surface area contributed by atoms with Crippen LogP contribution in [0.5, 0.6) is 0 Å². The lowest BCUT2D eigenvalue weighted by molar-refractivity contribution is -0.0265. The highest BCUT2D eigenvalue weighted by Gasteiger charge is 2.36. The third-order valence-corrected chi connectivity index (χ3v) is 2.90. The SMILES string of the molecule is CC(C)(C)OC(=O)N1CCOCC1C(=O)c1cncnc1. The topological polar surface area (TPSA) is 81.6 Å². The van der Waals surface area contributed by atoms with E-state index in [1.807, 2.05) is 0 Å².